The molecule has 5 rings (SSSR count). The van der Waals surface area contributed by atoms with Crippen molar-refractivity contribution in [3.63, 3.8) is 0 Å². The number of methoxy groups -OCH3 is 1. The second kappa shape index (κ2) is 8.30. The molecule has 1 nitrogen and oxygen atoms in total. The molecule has 1 aliphatic carbocycles. The number of benzene rings is 4. The van der Waals surface area contributed by atoms with Crippen LogP contribution < -0.4 is 20.7 Å². The number of allylic oxidation sites excluding steroid dienone is 1. The molecule has 0 amide bonds. The van der Waals surface area contributed by atoms with Crippen molar-refractivity contribution in [3.05, 3.63) is 126 Å². The molecule has 0 radical (unpaired) electrons. The summed E-state index contributed by atoms with van der Waals surface area (Å²) in [5.74, 6) is 1.17. The molecule has 2 heteroatoms. The van der Waals surface area contributed by atoms with Gasteiger partial charge in [0, 0.05) is 5.92 Å². The second-order valence-corrected chi connectivity index (χ2v) is 9.58. The van der Waals surface area contributed by atoms with Crippen molar-refractivity contribution in [2.45, 2.75) is 5.92 Å². The first-order valence-corrected chi connectivity index (χ1v) is 11.5. The molecular weight excluding hydrogens is 383 g/mol. The Balaban J connectivity index is 1.73. The summed E-state index contributed by atoms with van der Waals surface area (Å²) in [5.41, 5.74) is 4.05. The van der Waals surface area contributed by atoms with E-state index in [9.17, 15) is 0 Å². The fourth-order valence-electron chi connectivity index (χ4n) is 4.21. The van der Waals surface area contributed by atoms with Gasteiger partial charge in [-0.1, -0.05) is 103 Å². The fraction of sp³-hybridized carbons (Fsp3) is 0.0714. The molecule has 1 atom stereocenters. The SMILES string of the molecule is COc1ccc(C2C=Cc3ccccc32)c(P(c2ccccc2)c2ccccc2)c1. The van der Waals surface area contributed by atoms with Gasteiger partial charge in [-0.25, -0.2) is 0 Å². The zero-order valence-corrected chi connectivity index (χ0v) is 17.8. The van der Waals surface area contributed by atoms with Gasteiger partial charge in [-0.05, 0) is 52.7 Å². The third-order valence-corrected chi connectivity index (χ3v) is 8.14. The molecule has 0 saturated heterocycles. The Bertz CT molecular complexity index is 1140. The van der Waals surface area contributed by atoms with E-state index in [4.69, 9.17) is 4.74 Å². The summed E-state index contributed by atoms with van der Waals surface area (Å²) in [5, 5.41) is 4.06. The lowest BCUT2D eigenvalue weighted by molar-refractivity contribution is 0.415. The van der Waals surface area contributed by atoms with E-state index in [2.05, 4.69) is 115 Å². The Kier molecular flexibility index (Phi) is 5.22. The Hall–Kier alpha value is -3.15. The highest BCUT2D eigenvalue weighted by molar-refractivity contribution is 7.79. The second-order valence-electron chi connectivity index (χ2n) is 7.40. The van der Waals surface area contributed by atoms with E-state index in [1.807, 2.05) is 0 Å². The van der Waals surface area contributed by atoms with Crippen LogP contribution in [0.3, 0.4) is 0 Å². The van der Waals surface area contributed by atoms with Gasteiger partial charge >= 0.3 is 0 Å². The largest absolute Gasteiger partial charge is 0.497 e. The van der Waals surface area contributed by atoms with Crippen LogP contribution in [0.2, 0.25) is 0 Å². The van der Waals surface area contributed by atoms with E-state index >= 15 is 0 Å². The molecular formula is C28H23OP. The van der Waals surface area contributed by atoms with Crippen LogP contribution in [-0.2, 0) is 0 Å². The minimum atomic E-state index is -0.708. The maximum Gasteiger partial charge on any atom is 0.119 e. The first-order chi connectivity index (χ1) is 14.8. The predicted octanol–water partition coefficient (Wildman–Crippen LogP) is 5.61. The lowest BCUT2D eigenvalue weighted by Gasteiger charge is -2.25. The van der Waals surface area contributed by atoms with Crippen molar-refractivity contribution < 1.29 is 4.74 Å². The van der Waals surface area contributed by atoms with Gasteiger partial charge in [0.15, 0.2) is 0 Å². The highest BCUT2D eigenvalue weighted by Gasteiger charge is 2.26. The molecule has 0 saturated carbocycles. The van der Waals surface area contributed by atoms with E-state index in [1.165, 1.54) is 32.6 Å². The van der Waals surface area contributed by atoms with Crippen molar-refractivity contribution in [1.29, 1.82) is 0 Å². The number of ether oxygens (including phenoxy) is 1. The van der Waals surface area contributed by atoms with Crippen molar-refractivity contribution in [2.24, 2.45) is 0 Å². The number of rotatable bonds is 5. The van der Waals surface area contributed by atoms with Crippen LogP contribution in [0.25, 0.3) is 6.08 Å². The van der Waals surface area contributed by atoms with E-state index in [1.54, 1.807) is 7.11 Å². The van der Waals surface area contributed by atoms with Gasteiger partial charge in [-0.15, -0.1) is 0 Å². The van der Waals surface area contributed by atoms with Crippen LogP contribution in [0.1, 0.15) is 22.6 Å². The average Bonchev–Trinajstić information content (AvgIpc) is 3.25. The third kappa shape index (κ3) is 3.47. The molecule has 1 aliphatic rings. The molecule has 0 spiro atoms. The molecule has 0 aliphatic heterocycles. The summed E-state index contributed by atoms with van der Waals surface area (Å²) in [7, 11) is 1.04. The molecule has 1 unspecified atom stereocenters. The van der Waals surface area contributed by atoms with Crippen molar-refractivity contribution in [3.8, 4) is 5.75 Å². The Morgan fingerprint density at radius 3 is 1.97 bits per heavy atom. The zero-order chi connectivity index (χ0) is 20.3. The maximum atomic E-state index is 5.66. The molecule has 0 fully saturated rings. The summed E-state index contributed by atoms with van der Waals surface area (Å²) in [6.45, 7) is 0. The minimum absolute atomic E-state index is 0.263. The summed E-state index contributed by atoms with van der Waals surface area (Å²) in [6.07, 6.45) is 4.58. The van der Waals surface area contributed by atoms with Crippen LogP contribution in [0.15, 0.2) is 109 Å². The summed E-state index contributed by atoms with van der Waals surface area (Å²) in [6, 6.07) is 37.0. The van der Waals surface area contributed by atoms with Gasteiger partial charge < -0.3 is 4.74 Å². The van der Waals surface area contributed by atoms with Gasteiger partial charge in [-0.3, -0.25) is 0 Å². The fourth-order valence-corrected chi connectivity index (χ4v) is 6.73. The quantitative estimate of drug-likeness (QED) is 0.391. The Morgan fingerprint density at radius 2 is 1.30 bits per heavy atom. The zero-order valence-electron chi connectivity index (χ0n) is 16.9. The van der Waals surface area contributed by atoms with Crippen LogP contribution >= 0.6 is 7.92 Å². The third-order valence-electron chi connectivity index (χ3n) is 5.64. The van der Waals surface area contributed by atoms with Gasteiger partial charge in [0.05, 0.1) is 7.11 Å². The first kappa shape index (κ1) is 18.9. The smallest absolute Gasteiger partial charge is 0.119 e. The molecule has 4 aromatic carbocycles. The standard InChI is InChI=1S/C28H23OP/c1-29-22-17-19-27(26-18-16-21-10-8-9-15-25(21)26)28(20-22)30(23-11-4-2-5-12-23)24-13-6-3-7-14-24/h2-20,26H,1H3. The summed E-state index contributed by atoms with van der Waals surface area (Å²) >= 11 is 0. The topological polar surface area (TPSA) is 9.23 Å². The van der Waals surface area contributed by atoms with Crippen molar-refractivity contribution in [1.82, 2.24) is 0 Å². The highest BCUT2D eigenvalue weighted by Crippen LogP contribution is 2.41. The number of fused-ring (bicyclic) bond motifs is 1. The van der Waals surface area contributed by atoms with E-state index in [0.717, 1.165) is 5.75 Å². The van der Waals surface area contributed by atoms with Gasteiger partial charge in [-0.2, -0.15) is 0 Å². The van der Waals surface area contributed by atoms with E-state index in [-0.39, 0.29) is 5.92 Å². The Morgan fingerprint density at radius 1 is 0.667 bits per heavy atom. The molecule has 146 valence electrons. The molecule has 0 bridgehead atoms. The normalized spacial score (nSPS) is 14.7. The van der Waals surface area contributed by atoms with E-state index in [0.29, 0.717) is 0 Å². The molecule has 4 aromatic rings. The van der Waals surface area contributed by atoms with Crippen LogP contribution in [0.4, 0.5) is 0 Å². The first-order valence-electron chi connectivity index (χ1n) is 10.2. The van der Waals surface area contributed by atoms with Crippen LogP contribution in [0, 0.1) is 0 Å². The summed E-state index contributed by atoms with van der Waals surface area (Å²) < 4.78 is 5.66. The van der Waals surface area contributed by atoms with Gasteiger partial charge in [0.25, 0.3) is 0 Å². The molecule has 30 heavy (non-hydrogen) atoms. The molecule has 0 aromatic heterocycles. The van der Waals surface area contributed by atoms with Gasteiger partial charge in [0.1, 0.15) is 5.75 Å². The number of hydrogen-bond acceptors (Lipinski definition) is 1. The lowest BCUT2D eigenvalue weighted by Crippen LogP contribution is -2.24. The minimum Gasteiger partial charge on any atom is -0.497 e. The molecule has 0 heterocycles. The monoisotopic (exact) mass is 406 g/mol. The summed E-state index contributed by atoms with van der Waals surface area (Å²) in [4.78, 5) is 0. The van der Waals surface area contributed by atoms with Crippen molar-refractivity contribution in [2.75, 3.05) is 7.11 Å². The van der Waals surface area contributed by atoms with Crippen LogP contribution in [0.5, 0.6) is 5.75 Å². The highest BCUT2D eigenvalue weighted by atomic mass is 31.1. The Labute approximate surface area is 179 Å². The molecule has 0 N–H and O–H groups in total. The van der Waals surface area contributed by atoms with Crippen molar-refractivity contribution >= 4 is 29.9 Å². The van der Waals surface area contributed by atoms with Gasteiger partial charge in [0.2, 0.25) is 0 Å². The maximum absolute atomic E-state index is 5.66. The lowest BCUT2D eigenvalue weighted by atomic mass is 9.93. The van der Waals surface area contributed by atoms with Crippen LogP contribution in [-0.4, -0.2) is 7.11 Å². The predicted molar refractivity (Wildman–Crippen MR) is 129 cm³/mol. The number of hydrogen-bond donors (Lipinski definition) is 0. The average molecular weight is 406 g/mol. The van der Waals surface area contributed by atoms with E-state index < -0.39 is 7.92 Å².